The van der Waals surface area contributed by atoms with Crippen molar-refractivity contribution in [3.8, 4) is 0 Å². The molecule has 0 fully saturated rings. The smallest absolute Gasteiger partial charge is 0.331 e. The molecule has 0 aromatic heterocycles. The summed E-state index contributed by atoms with van der Waals surface area (Å²) >= 11 is 12.0. The molecule has 21 heavy (non-hydrogen) atoms. The Labute approximate surface area is 134 Å². The molecule has 0 saturated carbocycles. The third kappa shape index (κ3) is 3.99. The summed E-state index contributed by atoms with van der Waals surface area (Å²) < 4.78 is 0. The quantitative estimate of drug-likeness (QED) is 0.851. The molecule has 1 amide bonds. The van der Waals surface area contributed by atoms with Crippen LogP contribution in [0.5, 0.6) is 0 Å². The molecular weight excluding hydrogens is 313 g/mol. The van der Waals surface area contributed by atoms with Gasteiger partial charge in [0.05, 0.1) is 6.04 Å². The maximum Gasteiger partial charge on any atom is 0.331 e. The minimum Gasteiger partial charge on any atom is -0.478 e. The van der Waals surface area contributed by atoms with Crippen LogP contribution in [0.25, 0.3) is 0 Å². The first-order chi connectivity index (χ1) is 9.66. The molecule has 1 aromatic rings. The van der Waals surface area contributed by atoms with Crippen LogP contribution in [0.4, 0.5) is 0 Å². The summed E-state index contributed by atoms with van der Waals surface area (Å²) in [5.74, 6) is -1.46. The first-order valence-corrected chi connectivity index (χ1v) is 7.05. The number of likely N-dealkylation sites (N-methyl/N-ethyl adjacent to an activating group) is 1. The lowest BCUT2D eigenvalue weighted by Crippen LogP contribution is -2.31. The second-order valence-corrected chi connectivity index (χ2v) is 5.66. The van der Waals surface area contributed by atoms with Gasteiger partial charge in [0.1, 0.15) is 0 Å². The van der Waals surface area contributed by atoms with Gasteiger partial charge in [-0.05, 0) is 38.5 Å². The number of carbonyl (C=O) groups excluding carboxylic acids is 1. The lowest BCUT2D eigenvalue weighted by molar-refractivity contribution is -0.134. The van der Waals surface area contributed by atoms with Gasteiger partial charge in [0.2, 0.25) is 5.91 Å². The molecule has 0 radical (unpaired) electrons. The summed E-state index contributed by atoms with van der Waals surface area (Å²) in [6.07, 6.45) is 0. The number of hydrogen-bond acceptors (Lipinski definition) is 2. The van der Waals surface area contributed by atoms with Gasteiger partial charge >= 0.3 is 5.97 Å². The van der Waals surface area contributed by atoms with Crippen molar-refractivity contribution in [2.45, 2.75) is 26.8 Å². The van der Waals surface area contributed by atoms with Crippen LogP contribution in [0.2, 0.25) is 10.0 Å². The Bertz CT molecular complexity index is 611. The second-order valence-electron chi connectivity index (χ2n) is 4.81. The fourth-order valence-corrected chi connectivity index (χ4v) is 2.38. The summed E-state index contributed by atoms with van der Waals surface area (Å²) in [6, 6.07) is 4.75. The van der Waals surface area contributed by atoms with Gasteiger partial charge in [-0.3, -0.25) is 4.79 Å². The van der Waals surface area contributed by atoms with Crippen molar-refractivity contribution in [2.75, 3.05) is 7.05 Å². The monoisotopic (exact) mass is 329 g/mol. The summed E-state index contributed by atoms with van der Waals surface area (Å²) in [5, 5.41) is 9.93. The van der Waals surface area contributed by atoms with Crippen LogP contribution in [0.3, 0.4) is 0 Å². The van der Waals surface area contributed by atoms with Gasteiger partial charge in [0, 0.05) is 28.2 Å². The Hall–Kier alpha value is -1.52. The van der Waals surface area contributed by atoms with Crippen LogP contribution < -0.4 is 0 Å². The number of nitrogens with zero attached hydrogens (tertiary/aromatic N) is 1. The van der Waals surface area contributed by atoms with Gasteiger partial charge < -0.3 is 10.0 Å². The van der Waals surface area contributed by atoms with Crippen LogP contribution in [-0.4, -0.2) is 28.9 Å². The molecule has 0 bridgehead atoms. The van der Waals surface area contributed by atoms with Gasteiger partial charge in [-0.25, -0.2) is 4.79 Å². The van der Waals surface area contributed by atoms with Crippen molar-refractivity contribution < 1.29 is 14.7 Å². The van der Waals surface area contributed by atoms with Crippen molar-refractivity contribution in [2.24, 2.45) is 0 Å². The Morgan fingerprint density at radius 2 is 1.76 bits per heavy atom. The third-order valence-corrected chi connectivity index (χ3v) is 4.08. The average molecular weight is 330 g/mol. The number of carboxylic acids is 1. The van der Waals surface area contributed by atoms with Crippen LogP contribution in [0.15, 0.2) is 29.3 Å². The Morgan fingerprint density at radius 1 is 1.19 bits per heavy atom. The standard InChI is InChI=1S/C15H17Cl2NO3/c1-8(9(2)15(20)21)14(19)18(4)10(3)12-6-5-11(16)7-13(12)17/h5-7,10H,1-4H3,(H,20,21). The zero-order valence-corrected chi connectivity index (χ0v) is 13.8. The molecular formula is C15H17Cl2NO3. The molecule has 6 heteroatoms. The molecule has 1 unspecified atom stereocenters. The molecule has 114 valence electrons. The van der Waals surface area contributed by atoms with Crippen molar-refractivity contribution in [1.82, 2.24) is 4.90 Å². The molecule has 0 aliphatic rings. The van der Waals surface area contributed by atoms with Crippen molar-refractivity contribution in [3.05, 3.63) is 45.0 Å². The van der Waals surface area contributed by atoms with E-state index in [4.69, 9.17) is 28.3 Å². The first kappa shape index (κ1) is 17.5. The third-order valence-electron chi connectivity index (χ3n) is 3.52. The lowest BCUT2D eigenvalue weighted by atomic mass is 10.0. The van der Waals surface area contributed by atoms with Crippen LogP contribution in [0, 0.1) is 0 Å². The highest BCUT2D eigenvalue weighted by Gasteiger charge is 2.23. The van der Waals surface area contributed by atoms with Gasteiger partial charge in [-0.2, -0.15) is 0 Å². The molecule has 1 N–H and O–H groups in total. The fraction of sp³-hybridized carbons (Fsp3) is 0.333. The first-order valence-electron chi connectivity index (χ1n) is 6.29. The number of rotatable bonds is 4. The highest BCUT2D eigenvalue weighted by atomic mass is 35.5. The highest BCUT2D eigenvalue weighted by Crippen LogP contribution is 2.29. The summed E-state index contributed by atoms with van der Waals surface area (Å²) in [7, 11) is 1.61. The van der Waals surface area contributed by atoms with E-state index in [0.717, 1.165) is 5.56 Å². The number of carbonyl (C=O) groups is 2. The predicted molar refractivity (Wildman–Crippen MR) is 83.7 cm³/mol. The Kier molecular flexibility index (Phi) is 5.81. The number of benzene rings is 1. The summed E-state index contributed by atoms with van der Waals surface area (Å²) in [5.41, 5.74) is 0.973. The number of halogens is 2. The van der Waals surface area contributed by atoms with E-state index in [1.165, 1.54) is 18.7 Å². The summed E-state index contributed by atoms with van der Waals surface area (Å²) in [4.78, 5) is 24.7. The molecule has 1 rings (SSSR count). The number of amides is 1. The largest absolute Gasteiger partial charge is 0.478 e. The van der Waals surface area contributed by atoms with Crippen LogP contribution in [-0.2, 0) is 9.59 Å². The van der Waals surface area contributed by atoms with E-state index in [0.29, 0.717) is 10.0 Å². The number of carboxylic acid groups (broad SMARTS) is 1. The fourth-order valence-electron chi connectivity index (χ4n) is 1.81. The average Bonchev–Trinajstić information content (AvgIpc) is 2.43. The van der Waals surface area contributed by atoms with Crippen LogP contribution >= 0.6 is 23.2 Å². The van der Waals surface area contributed by atoms with E-state index in [1.54, 1.807) is 25.2 Å². The molecule has 0 spiro atoms. The van der Waals surface area contributed by atoms with Crippen LogP contribution in [0.1, 0.15) is 32.4 Å². The van der Waals surface area contributed by atoms with E-state index >= 15 is 0 Å². The Balaban J connectivity index is 3.08. The summed E-state index contributed by atoms with van der Waals surface area (Å²) in [6.45, 7) is 4.72. The molecule has 4 nitrogen and oxygen atoms in total. The van der Waals surface area contributed by atoms with E-state index < -0.39 is 5.97 Å². The lowest BCUT2D eigenvalue weighted by Gasteiger charge is -2.26. The van der Waals surface area contributed by atoms with Gasteiger partial charge in [-0.1, -0.05) is 29.3 Å². The minimum atomic E-state index is -1.11. The molecule has 1 atom stereocenters. The van der Waals surface area contributed by atoms with E-state index in [1.807, 2.05) is 6.92 Å². The van der Waals surface area contributed by atoms with E-state index in [-0.39, 0.29) is 23.1 Å². The zero-order chi connectivity index (χ0) is 16.3. The maximum absolute atomic E-state index is 12.3. The molecule has 0 saturated heterocycles. The Morgan fingerprint density at radius 3 is 2.24 bits per heavy atom. The topological polar surface area (TPSA) is 57.6 Å². The zero-order valence-electron chi connectivity index (χ0n) is 12.3. The molecule has 0 heterocycles. The highest BCUT2D eigenvalue weighted by molar-refractivity contribution is 6.35. The van der Waals surface area contributed by atoms with Crippen molar-refractivity contribution in [1.29, 1.82) is 0 Å². The minimum absolute atomic E-state index is 0.0289. The number of aliphatic carboxylic acids is 1. The van der Waals surface area contributed by atoms with Gasteiger partial charge in [0.25, 0.3) is 0 Å². The van der Waals surface area contributed by atoms with Gasteiger partial charge in [0.15, 0.2) is 0 Å². The second kappa shape index (κ2) is 6.96. The van der Waals surface area contributed by atoms with E-state index in [2.05, 4.69) is 0 Å². The molecule has 1 aromatic carbocycles. The number of hydrogen-bond donors (Lipinski definition) is 1. The maximum atomic E-state index is 12.3. The van der Waals surface area contributed by atoms with Crippen molar-refractivity contribution in [3.63, 3.8) is 0 Å². The van der Waals surface area contributed by atoms with E-state index in [9.17, 15) is 9.59 Å². The molecule has 0 aliphatic carbocycles. The van der Waals surface area contributed by atoms with Gasteiger partial charge in [-0.15, -0.1) is 0 Å². The normalized spacial score (nSPS) is 13.4. The SMILES string of the molecule is CC(C(=O)O)=C(C)C(=O)N(C)C(C)c1ccc(Cl)cc1Cl. The van der Waals surface area contributed by atoms with Crippen molar-refractivity contribution >= 4 is 35.1 Å². The molecule has 0 aliphatic heterocycles. The predicted octanol–water partition coefficient (Wildman–Crippen LogP) is 3.93.